The molecule has 3 heterocycles. The van der Waals surface area contributed by atoms with Crippen molar-refractivity contribution in [2.75, 3.05) is 11.6 Å². The lowest BCUT2D eigenvalue weighted by Crippen LogP contribution is -2.48. The molecule has 1 aliphatic rings. The predicted octanol–water partition coefficient (Wildman–Crippen LogP) is 1.29. The SMILES string of the molecule is CS(=O)(=O)c1cnc(-c2cnc3[nH]ccc3c2NC2CC(NS(=O)O)C2)o1. The Morgan fingerprint density at radius 1 is 1.30 bits per heavy atom. The van der Waals surface area contributed by atoms with Gasteiger partial charge >= 0.3 is 0 Å². The lowest BCUT2D eigenvalue weighted by Gasteiger charge is -2.36. The van der Waals surface area contributed by atoms with Gasteiger partial charge < -0.3 is 14.7 Å². The van der Waals surface area contributed by atoms with Gasteiger partial charge in [0.05, 0.1) is 17.4 Å². The van der Waals surface area contributed by atoms with Gasteiger partial charge in [0.1, 0.15) is 5.65 Å². The average Bonchev–Trinajstić information content (AvgIpc) is 3.21. The molecule has 0 aliphatic heterocycles. The molecule has 4 rings (SSSR count). The van der Waals surface area contributed by atoms with Crippen LogP contribution in [0.4, 0.5) is 5.69 Å². The zero-order chi connectivity index (χ0) is 19.2. The fourth-order valence-corrected chi connectivity index (χ4v) is 4.01. The van der Waals surface area contributed by atoms with Gasteiger partial charge in [0, 0.05) is 36.1 Å². The molecule has 0 saturated heterocycles. The second kappa shape index (κ2) is 6.71. The fraction of sp³-hybridized carbons (Fsp3) is 0.333. The number of sulfone groups is 1. The van der Waals surface area contributed by atoms with Crippen molar-refractivity contribution in [2.24, 2.45) is 0 Å². The van der Waals surface area contributed by atoms with Gasteiger partial charge in [-0.1, -0.05) is 0 Å². The molecule has 1 atom stereocenters. The molecule has 4 N–H and O–H groups in total. The van der Waals surface area contributed by atoms with Crippen molar-refractivity contribution < 1.29 is 21.6 Å². The number of hydrogen-bond acceptors (Lipinski definition) is 7. The quantitative estimate of drug-likeness (QED) is 0.443. The maximum Gasteiger partial charge on any atom is 0.238 e. The minimum Gasteiger partial charge on any atom is -0.425 e. The van der Waals surface area contributed by atoms with E-state index < -0.39 is 21.1 Å². The van der Waals surface area contributed by atoms with Gasteiger partial charge in [0.25, 0.3) is 0 Å². The van der Waals surface area contributed by atoms with Gasteiger partial charge in [0.2, 0.25) is 32.1 Å². The van der Waals surface area contributed by atoms with Crippen LogP contribution in [-0.2, 0) is 21.1 Å². The van der Waals surface area contributed by atoms with Crippen LogP contribution in [0.15, 0.2) is 34.2 Å². The molecular weight excluding hydrogens is 394 g/mol. The Morgan fingerprint density at radius 3 is 2.74 bits per heavy atom. The van der Waals surface area contributed by atoms with E-state index in [1.165, 1.54) is 6.20 Å². The fourth-order valence-electron chi connectivity index (χ4n) is 3.06. The lowest BCUT2D eigenvalue weighted by molar-refractivity contribution is 0.344. The van der Waals surface area contributed by atoms with Crippen molar-refractivity contribution >= 4 is 37.8 Å². The monoisotopic (exact) mass is 411 g/mol. The maximum atomic E-state index is 11.7. The van der Waals surface area contributed by atoms with Crippen LogP contribution in [0.25, 0.3) is 22.5 Å². The number of aromatic amines is 1. The zero-order valence-electron chi connectivity index (χ0n) is 14.2. The summed E-state index contributed by atoms with van der Waals surface area (Å²) in [7, 11) is -3.51. The van der Waals surface area contributed by atoms with E-state index in [1.54, 1.807) is 12.4 Å². The van der Waals surface area contributed by atoms with Crippen LogP contribution >= 0.6 is 0 Å². The third kappa shape index (κ3) is 3.60. The Balaban J connectivity index is 1.67. The number of fused-ring (bicyclic) bond motifs is 1. The van der Waals surface area contributed by atoms with Gasteiger partial charge in [-0.25, -0.2) is 27.3 Å². The van der Waals surface area contributed by atoms with Gasteiger partial charge in [-0.3, -0.25) is 4.55 Å². The second-order valence-electron chi connectivity index (χ2n) is 6.42. The van der Waals surface area contributed by atoms with Crippen LogP contribution in [0.1, 0.15) is 12.8 Å². The molecule has 144 valence electrons. The highest BCUT2D eigenvalue weighted by atomic mass is 32.2. The first-order valence-corrected chi connectivity index (χ1v) is 11.1. The highest BCUT2D eigenvalue weighted by Crippen LogP contribution is 2.36. The summed E-state index contributed by atoms with van der Waals surface area (Å²) in [5, 5.41) is 4.00. The Morgan fingerprint density at radius 2 is 2.07 bits per heavy atom. The van der Waals surface area contributed by atoms with Gasteiger partial charge in [0.15, 0.2) is 0 Å². The average molecular weight is 411 g/mol. The van der Waals surface area contributed by atoms with Crippen molar-refractivity contribution in [2.45, 2.75) is 30.0 Å². The molecule has 1 fully saturated rings. The third-order valence-electron chi connectivity index (χ3n) is 4.42. The third-order valence-corrected chi connectivity index (χ3v) is 5.88. The Kier molecular flexibility index (Phi) is 4.50. The van der Waals surface area contributed by atoms with Crippen LogP contribution in [0, 0.1) is 0 Å². The first-order chi connectivity index (χ1) is 12.8. The van der Waals surface area contributed by atoms with E-state index in [2.05, 4.69) is 25.0 Å². The van der Waals surface area contributed by atoms with E-state index in [-0.39, 0.29) is 23.1 Å². The molecule has 0 aromatic carbocycles. The number of hydrogen-bond donors (Lipinski definition) is 4. The van der Waals surface area contributed by atoms with Crippen LogP contribution in [0.2, 0.25) is 0 Å². The summed E-state index contributed by atoms with van der Waals surface area (Å²) in [4.78, 5) is 11.4. The van der Waals surface area contributed by atoms with E-state index in [0.29, 0.717) is 24.1 Å². The first-order valence-electron chi connectivity index (χ1n) is 8.07. The molecule has 1 aliphatic carbocycles. The maximum absolute atomic E-state index is 11.7. The standard InChI is InChI=1S/C15H17N5O5S2/c1-27(23,24)12-7-18-15(25-12)11-6-17-14-10(2-3-16-14)13(11)19-8-4-9(5-8)20-26(21)22/h2-3,6-9,20H,4-5H2,1H3,(H,21,22)(H2,16,17,19). The van der Waals surface area contributed by atoms with Crippen LogP contribution < -0.4 is 10.0 Å². The molecule has 3 aromatic heterocycles. The minimum absolute atomic E-state index is 0.0427. The van der Waals surface area contributed by atoms with Crippen LogP contribution in [0.5, 0.6) is 0 Å². The normalized spacial score (nSPS) is 21.1. The summed E-state index contributed by atoms with van der Waals surface area (Å²) in [6.07, 6.45) is 6.88. The topological polar surface area (TPSA) is 150 Å². The van der Waals surface area contributed by atoms with E-state index in [4.69, 9.17) is 8.97 Å². The van der Waals surface area contributed by atoms with Crippen molar-refractivity contribution in [3.8, 4) is 11.5 Å². The van der Waals surface area contributed by atoms with Crippen LogP contribution in [0.3, 0.4) is 0 Å². The highest BCUT2D eigenvalue weighted by molar-refractivity contribution is 7.90. The first kappa shape index (κ1) is 18.1. The number of oxazole rings is 1. The van der Waals surface area contributed by atoms with E-state index in [1.807, 2.05) is 6.07 Å². The molecule has 27 heavy (non-hydrogen) atoms. The molecular formula is C15H17N5O5S2. The van der Waals surface area contributed by atoms with E-state index in [9.17, 15) is 12.6 Å². The number of aromatic nitrogens is 3. The molecule has 1 unspecified atom stereocenters. The van der Waals surface area contributed by atoms with Gasteiger partial charge in [-0.05, 0) is 18.9 Å². The predicted molar refractivity (Wildman–Crippen MR) is 99.0 cm³/mol. The summed E-state index contributed by atoms with van der Waals surface area (Å²) in [5.74, 6) is 0.152. The summed E-state index contributed by atoms with van der Waals surface area (Å²) in [6.45, 7) is 0. The van der Waals surface area contributed by atoms with Crippen molar-refractivity contribution in [1.82, 2.24) is 19.7 Å². The van der Waals surface area contributed by atoms with E-state index in [0.717, 1.165) is 17.3 Å². The second-order valence-corrected chi connectivity index (χ2v) is 9.10. The minimum atomic E-state index is -3.51. The van der Waals surface area contributed by atoms with Crippen molar-refractivity contribution in [3.05, 3.63) is 24.7 Å². The number of rotatable bonds is 6. The van der Waals surface area contributed by atoms with Gasteiger partial charge in [-0.15, -0.1) is 0 Å². The summed E-state index contributed by atoms with van der Waals surface area (Å²) < 4.78 is 51.1. The van der Waals surface area contributed by atoms with Crippen molar-refractivity contribution in [1.29, 1.82) is 0 Å². The van der Waals surface area contributed by atoms with Crippen molar-refractivity contribution in [3.63, 3.8) is 0 Å². The molecule has 3 aromatic rings. The molecule has 10 nitrogen and oxygen atoms in total. The summed E-state index contributed by atoms with van der Waals surface area (Å²) >= 11 is -2.04. The van der Waals surface area contributed by atoms with Crippen LogP contribution in [-0.4, -0.2) is 50.5 Å². The molecule has 1 saturated carbocycles. The molecule has 12 heteroatoms. The Bertz CT molecular complexity index is 1120. The lowest BCUT2D eigenvalue weighted by atomic mass is 9.87. The molecule has 0 radical (unpaired) electrons. The van der Waals surface area contributed by atoms with E-state index >= 15 is 0 Å². The zero-order valence-corrected chi connectivity index (χ0v) is 15.8. The summed E-state index contributed by atoms with van der Waals surface area (Å²) in [6, 6.07) is 1.89. The highest BCUT2D eigenvalue weighted by Gasteiger charge is 2.31. The smallest absolute Gasteiger partial charge is 0.238 e. The molecule has 0 spiro atoms. The summed E-state index contributed by atoms with van der Waals surface area (Å²) in [5.41, 5.74) is 1.93. The Hall–Kier alpha value is -2.28. The number of anilines is 1. The number of nitrogens with one attached hydrogen (secondary N) is 3. The Labute approximate surface area is 157 Å². The largest absolute Gasteiger partial charge is 0.425 e. The molecule has 0 amide bonds. The number of H-pyrrole nitrogens is 1. The number of pyridine rings is 1. The van der Waals surface area contributed by atoms with Gasteiger partial charge in [-0.2, -0.15) is 0 Å². The number of nitrogens with zero attached hydrogens (tertiary/aromatic N) is 2. The molecule has 0 bridgehead atoms.